The molecule has 0 bridgehead atoms. The molecule has 0 spiro atoms. The quantitative estimate of drug-likeness (QED) is 0.558. The van der Waals surface area contributed by atoms with Crippen LogP contribution in [0.3, 0.4) is 0 Å². The summed E-state index contributed by atoms with van der Waals surface area (Å²) in [6, 6.07) is 0. The predicted molar refractivity (Wildman–Crippen MR) is 39.5 cm³/mol. The molecule has 0 saturated carbocycles. The Labute approximate surface area is 66.6 Å². The zero-order valence-electron chi connectivity index (χ0n) is 7.00. The Kier molecular flexibility index (Phi) is 1.67. The third kappa shape index (κ3) is 0.991. The van der Waals surface area contributed by atoms with Gasteiger partial charge in [-0.1, -0.05) is 0 Å². The van der Waals surface area contributed by atoms with Crippen LogP contribution in [-0.4, -0.2) is 38.1 Å². The summed E-state index contributed by atoms with van der Waals surface area (Å²) in [5, 5.41) is 0. The van der Waals surface area contributed by atoms with Crippen molar-refractivity contribution in [3.8, 4) is 0 Å². The van der Waals surface area contributed by atoms with E-state index in [4.69, 9.17) is 14.2 Å². The Morgan fingerprint density at radius 3 is 3.09 bits per heavy atom. The molecule has 3 atom stereocenters. The van der Waals surface area contributed by atoms with Gasteiger partial charge in [0, 0.05) is 13.5 Å². The second-order valence-electron chi connectivity index (χ2n) is 3.44. The summed E-state index contributed by atoms with van der Waals surface area (Å²) < 4.78 is 16.4. The van der Waals surface area contributed by atoms with Crippen LogP contribution in [-0.2, 0) is 14.2 Å². The maximum absolute atomic E-state index is 5.62. The van der Waals surface area contributed by atoms with Crippen LogP contribution in [0.25, 0.3) is 0 Å². The second kappa shape index (κ2) is 2.44. The normalized spacial score (nSPS) is 49.6. The van der Waals surface area contributed by atoms with Crippen LogP contribution in [0, 0.1) is 0 Å². The zero-order valence-corrected chi connectivity index (χ0v) is 7.00. The van der Waals surface area contributed by atoms with Crippen molar-refractivity contribution in [2.75, 3.05) is 20.3 Å². The smallest absolute Gasteiger partial charge is 0.115 e. The van der Waals surface area contributed by atoms with Gasteiger partial charge in [0.05, 0.1) is 18.8 Å². The van der Waals surface area contributed by atoms with E-state index in [1.165, 1.54) is 0 Å². The number of ether oxygens (including phenoxy) is 3. The summed E-state index contributed by atoms with van der Waals surface area (Å²) >= 11 is 0. The van der Waals surface area contributed by atoms with Crippen molar-refractivity contribution >= 4 is 0 Å². The van der Waals surface area contributed by atoms with Gasteiger partial charge < -0.3 is 14.2 Å². The van der Waals surface area contributed by atoms with Crippen molar-refractivity contribution < 1.29 is 14.2 Å². The van der Waals surface area contributed by atoms with Crippen LogP contribution >= 0.6 is 0 Å². The van der Waals surface area contributed by atoms with Gasteiger partial charge in [0.2, 0.25) is 0 Å². The Morgan fingerprint density at radius 1 is 1.55 bits per heavy atom. The molecule has 2 rings (SSSR count). The van der Waals surface area contributed by atoms with Gasteiger partial charge in [-0.2, -0.15) is 0 Å². The zero-order chi connectivity index (χ0) is 7.90. The Morgan fingerprint density at radius 2 is 2.36 bits per heavy atom. The van der Waals surface area contributed by atoms with Gasteiger partial charge in [-0.3, -0.25) is 0 Å². The fourth-order valence-electron chi connectivity index (χ4n) is 1.91. The van der Waals surface area contributed by atoms with Crippen molar-refractivity contribution in [1.82, 2.24) is 0 Å². The molecule has 64 valence electrons. The molecule has 0 aromatic rings. The lowest BCUT2D eigenvalue weighted by molar-refractivity contribution is -0.0237. The van der Waals surface area contributed by atoms with Crippen LogP contribution in [0.5, 0.6) is 0 Å². The van der Waals surface area contributed by atoms with Gasteiger partial charge in [-0.05, 0) is 6.92 Å². The van der Waals surface area contributed by atoms with Crippen LogP contribution in [0.1, 0.15) is 13.3 Å². The molecule has 0 aromatic carbocycles. The summed E-state index contributed by atoms with van der Waals surface area (Å²) in [6.45, 7) is 3.59. The highest BCUT2D eigenvalue weighted by Gasteiger charge is 2.51. The molecular formula is C8H14O3. The minimum atomic E-state index is -0.0688. The van der Waals surface area contributed by atoms with Gasteiger partial charge in [-0.15, -0.1) is 0 Å². The molecule has 0 aromatic heterocycles. The lowest BCUT2D eigenvalue weighted by Crippen LogP contribution is -2.36. The van der Waals surface area contributed by atoms with E-state index in [-0.39, 0.29) is 17.8 Å². The molecule has 3 heteroatoms. The molecule has 2 fully saturated rings. The second-order valence-corrected chi connectivity index (χ2v) is 3.44. The first-order valence-corrected chi connectivity index (χ1v) is 4.04. The monoisotopic (exact) mass is 158 g/mol. The highest BCUT2D eigenvalue weighted by atomic mass is 16.6. The van der Waals surface area contributed by atoms with Gasteiger partial charge in [-0.25, -0.2) is 0 Å². The topological polar surface area (TPSA) is 27.7 Å². The lowest BCUT2D eigenvalue weighted by atomic mass is 9.97. The van der Waals surface area contributed by atoms with Crippen molar-refractivity contribution in [3.63, 3.8) is 0 Å². The molecule has 0 amide bonds. The number of methoxy groups -OCH3 is 1. The van der Waals surface area contributed by atoms with Gasteiger partial charge in [0.15, 0.2) is 0 Å². The maximum atomic E-state index is 5.62. The third-order valence-electron chi connectivity index (χ3n) is 2.72. The van der Waals surface area contributed by atoms with Crippen LogP contribution < -0.4 is 0 Å². The van der Waals surface area contributed by atoms with E-state index in [2.05, 4.69) is 6.92 Å². The summed E-state index contributed by atoms with van der Waals surface area (Å²) in [6.07, 6.45) is 1.30. The van der Waals surface area contributed by atoms with E-state index in [0.717, 1.165) is 13.0 Å². The van der Waals surface area contributed by atoms with Crippen LogP contribution in [0.4, 0.5) is 0 Å². The molecule has 11 heavy (non-hydrogen) atoms. The summed E-state index contributed by atoms with van der Waals surface area (Å²) in [5.74, 6) is 0. The standard InChI is InChI=1S/C8H14O3/c1-8-3-4-10-7(8)6(9-2)5-11-8/h6-7H,3-5H2,1-2H3. The van der Waals surface area contributed by atoms with E-state index in [0.29, 0.717) is 6.61 Å². The van der Waals surface area contributed by atoms with Crippen molar-refractivity contribution in [2.24, 2.45) is 0 Å². The SMILES string of the molecule is COC1COC2(C)CCOC12. The molecular weight excluding hydrogens is 144 g/mol. The first-order chi connectivity index (χ1) is 5.26. The molecule has 2 aliphatic heterocycles. The molecule has 3 nitrogen and oxygen atoms in total. The van der Waals surface area contributed by atoms with E-state index in [1.807, 2.05) is 0 Å². The summed E-state index contributed by atoms with van der Waals surface area (Å²) in [4.78, 5) is 0. The minimum absolute atomic E-state index is 0.0688. The number of hydrogen-bond acceptors (Lipinski definition) is 3. The number of rotatable bonds is 1. The van der Waals surface area contributed by atoms with Gasteiger partial charge in [0.25, 0.3) is 0 Å². The van der Waals surface area contributed by atoms with Crippen LogP contribution in [0.2, 0.25) is 0 Å². The highest BCUT2D eigenvalue weighted by Crippen LogP contribution is 2.37. The first kappa shape index (κ1) is 7.53. The average molecular weight is 158 g/mol. The first-order valence-electron chi connectivity index (χ1n) is 4.04. The highest BCUT2D eigenvalue weighted by molar-refractivity contribution is 4.99. The minimum Gasteiger partial charge on any atom is -0.376 e. The van der Waals surface area contributed by atoms with Gasteiger partial charge in [0.1, 0.15) is 12.2 Å². The van der Waals surface area contributed by atoms with Crippen LogP contribution in [0.15, 0.2) is 0 Å². The molecule has 2 heterocycles. The Balaban J connectivity index is 2.13. The molecule has 2 aliphatic rings. The molecule has 0 radical (unpaired) electrons. The number of fused-ring (bicyclic) bond motifs is 1. The van der Waals surface area contributed by atoms with Crippen molar-refractivity contribution in [1.29, 1.82) is 0 Å². The Hall–Kier alpha value is -0.120. The average Bonchev–Trinajstić information content (AvgIpc) is 2.45. The third-order valence-corrected chi connectivity index (χ3v) is 2.72. The molecule has 3 unspecified atom stereocenters. The van der Waals surface area contributed by atoms with Crippen molar-refractivity contribution in [3.05, 3.63) is 0 Å². The van der Waals surface area contributed by atoms with E-state index in [9.17, 15) is 0 Å². The summed E-state index contributed by atoms with van der Waals surface area (Å²) in [7, 11) is 1.71. The Bertz CT molecular complexity index is 159. The predicted octanol–water partition coefficient (Wildman–Crippen LogP) is 0.579. The maximum Gasteiger partial charge on any atom is 0.115 e. The fourth-order valence-corrected chi connectivity index (χ4v) is 1.91. The fraction of sp³-hybridized carbons (Fsp3) is 1.00. The molecule has 0 aliphatic carbocycles. The lowest BCUT2D eigenvalue weighted by Gasteiger charge is -2.21. The van der Waals surface area contributed by atoms with E-state index >= 15 is 0 Å². The molecule has 2 saturated heterocycles. The molecule has 0 N–H and O–H groups in total. The van der Waals surface area contributed by atoms with E-state index in [1.54, 1.807) is 7.11 Å². The number of hydrogen-bond donors (Lipinski definition) is 0. The largest absolute Gasteiger partial charge is 0.376 e. The van der Waals surface area contributed by atoms with Gasteiger partial charge >= 0.3 is 0 Å². The summed E-state index contributed by atoms with van der Waals surface area (Å²) in [5.41, 5.74) is -0.0688. The van der Waals surface area contributed by atoms with Crippen molar-refractivity contribution in [2.45, 2.75) is 31.2 Å². The van der Waals surface area contributed by atoms with E-state index < -0.39 is 0 Å².